The number of rotatable bonds is 2. The van der Waals surface area contributed by atoms with Crippen molar-refractivity contribution in [2.75, 3.05) is 4.90 Å². The lowest BCUT2D eigenvalue weighted by Gasteiger charge is -2.45. The van der Waals surface area contributed by atoms with Crippen molar-refractivity contribution < 1.29 is 4.39 Å². The Morgan fingerprint density at radius 3 is 2.48 bits per heavy atom. The first kappa shape index (κ1) is 15.6. The van der Waals surface area contributed by atoms with E-state index in [1.807, 2.05) is 0 Å². The Morgan fingerprint density at radius 2 is 1.76 bits per heavy atom. The molecule has 1 saturated carbocycles. The molecule has 1 aromatic carbocycles. The minimum absolute atomic E-state index is 0.144. The van der Waals surface area contributed by atoms with Crippen molar-refractivity contribution in [3.05, 3.63) is 36.7 Å². The van der Waals surface area contributed by atoms with Gasteiger partial charge in [-0.3, -0.25) is 9.47 Å². The lowest BCUT2D eigenvalue weighted by atomic mass is 9.87. The van der Waals surface area contributed by atoms with E-state index in [9.17, 15) is 4.39 Å². The average molecular weight is 342 g/mol. The Hall–Kier alpha value is -2.97. The van der Waals surface area contributed by atoms with Crippen LogP contribution in [-0.2, 0) is 0 Å². The summed E-state index contributed by atoms with van der Waals surface area (Å²) in [5.41, 5.74) is 12.4. The van der Waals surface area contributed by atoms with Gasteiger partial charge in [0.15, 0.2) is 0 Å². The second-order valence-electron chi connectivity index (χ2n) is 6.32. The maximum Gasteiger partial charge on any atom is 0.220 e. The van der Waals surface area contributed by atoms with Crippen LogP contribution in [0.3, 0.4) is 0 Å². The van der Waals surface area contributed by atoms with Crippen LogP contribution in [0.25, 0.3) is 5.69 Å². The van der Waals surface area contributed by atoms with Gasteiger partial charge in [0, 0.05) is 0 Å². The highest BCUT2D eigenvalue weighted by Crippen LogP contribution is 2.40. The minimum Gasteiger partial charge on any atom is -0.369 e. The van der Waals surface area contributed by atoms with Gasteiger partial charge in [-0.15, -0.1) is 10.2 Å². The summed E-state index contributed by atoms with van der Waals surface area (Å²) >= 11 is 0. The molecule has 0 atom stereocenters. The molecule has 130 valence electrons. The molecule has 0 saturated heterocycles. The van der Waals surface area contributed by atoms with E-state index < -0.39 is 11.5 Å². The fourth-order valence-corrected chi connectivity index (χ4v) is 3.64. The SMILES string of the molecule is NC1=NC2(CCCCC2)N(c2cc(-n3cnnc3)ccc2F)C(N)=N1. The molecule has 4 rings (SSSR count). The number of nitrogens with two attached hydrogens (primary N) is 2. The third kappa shape index (κ3) is 2.61. The van der Waals surface area contributed by atoms with Gasteiger partial charge in [-0.2, -0.15) is 4.99 Å². The summed E-state index contributed by atoms with van der Waals surface area (Å²) in [4.78, 5) is 10.3. The zero-order chi connectivity index (χ0) is 17.4. The van der Waals surface area contributed by atoms with Crippen LogP contribution in [0.1, 0.15) is 32.1 Å². The van der Waals surface area contributed by atoms with Gasteiger partial charge in [-0.1, -0.05) is 6.42 Å². The van der Waals surface area contributed by atoms with Crippen LogP contribution >= 0.6 is 0 Å². The van der Waals surface area contributed by atoms with Crippen molar-refractivity contribution in [3.63, 3.8) is 0 Å². The van der Waals surface area contributed by atoms with Crippen molar-refractivity contribution in [2.45, 2.75) is 37.8 Å². The van der Waals surface area contributed by atoms with Crippen LogP contribution in [0.2, 0.25) is 0 Å². The normalized spacial score (nSPS) is 19.6. The number of benzene rings is 1. The summed E-state index contributed by atoms with van der Waals surface area (Å²) in [6.45, 7) is 0. The summed E-state index contributed by atoms with van der Waals surface area (Å²) < 4.78 is 16.4. The van der Waals surface area contributed by atoms with E-state index in [4.69, 9.17) is 11.5 Å². The molecule has 1 aliphatic heterocycles. The van der Waals surface area contributed by atoms with Crippen LogP contribution < -0.4 is 16.4 Å². The molecule has 0 radical (unpaired) electrons. The van der Waals surface area contributed by atoms with Gasteiger partial charge in [-0.05, 0) is 43.9 Å². The Bertz CT molecular complexity index is 836. The van der Waals surface area contributed by atoms with Crippen molar-refractivity contribution in [1.82, 2.24) is 14.8 Å². The molecule has 8 nitrogen and oxygen atoms in total. The Kier molecular flexibility index (Phi) is 3.63. The largest absolute Gasteiger partial charge is 0.369 e. The molecule has 0 unspecified atom stereocenters. The maximum absolute atomic E-state index is 14.7. The monoisotopic (exact) mass is 342 g/mol. The average Bonchev–Trinajstić information content (AvgIpc) is 3.11. The first-order valence-corrected chi connectivity index (χ1v) is 8.23. The molecule has 2 aliphatic rings. The molecular formula is C16H19FN8. The van der Waals surface area contributed by atoms with Gasteiger partial charge in [0.1, 0.15) is 24.1 Å². The number of nitrogens with zero attached hydrogens (tertiary/aromatic N) is 6. The lowest BCUT2D eigenvalue weighted by Crippen LogP contribution is -2.58. The number of aliphatic imine (C=N–C) groups is 2. The Labute approximate surface area is 144 Å². The highest BCUT2D eigenvalue weighted by molar-refractivity contribution is 6.05. The van der Waals surface area contributed by atoms with Crippen molar-refractivity contribution >= 4 is 17.6 Å². The van der Waals surface area contributed by atoms with Crippen LogP contribution in [0.5, 0.6) is 0 Å². The zero-order valence-electron chi connectivity index (χ0n) is 13.6. The van der Waals surface area contributed by atoms with Crippen molar-refractivity contribution in [2.24, 2.45) is 21.5 Å². The molecule has 4 N–H and O–H groups in total. The third-order valence-corrected chi connectivity index (χ3v) is 4.74. The van der Waals surface area contributed by atoms with Gasteiger partial charge in [0.2, 0.25) is 11.9 Å². The summed E-state index contributed by atoms with van der Waals surface area (Å²) in [6.07, 6.45) is 7.68. The van der Waals surface area contributed by atoms with Crippen LogP contribution in [0.4, 0.5) is 10.1 Å². The van der Waals surface area contributed by atoms with Gasteiger partial charge in [0.25, 0.3) is 0 Å². The number of halogens is 1. The number of hydrogen-bond acceptors (Lipinski definition) is 7. The third-order valence-electron chi connectivity index (χ3n) is 4.74. The molecule has 9 heteroatoms. The topological polar surface area (TPSA) is 111 Å². The molecule has 2 aromatic rings. The summed E-state index contributed by atoms with van der Waals surface area (Å²) in [5, 5.41) is 7.58. The second kappa shape index (κ2) is 5.83. The molecule has 0 amide bonds. The van der Waals surface area contributed by atoms with Crippen LogP contribution in [-0.4, -0.2) is 32.3 Å². The molecule has 1 fully saturated rings. The molecule has 0 bridgehead atoms. The second-order valence-corrected chi connectivity index (χ2v) is 6.32. The summed E-state index contributed by atoms with van der Waals surface area (Å²) in [7, 11) is 0. The quantitative estimate of drug-likeness (QED) is 0.859. The molecular weight excluding hydrogens is 323 g/mol. The van der Waals surface area contributed by atoms with Gasteiger partial charge >= 0.3 is 0 Å². The van der Waals surface area contributed by atoms with E-state index in [-0.39, 0.29) is 11.9 Å². The van der Waals surface area contributed by atoms with Gasteiger partial charge in [-0.25, -0.2) is 9.38 Å². The van der Waals surface area contributed by atoms with E-state index in [1.54, 1.807) is 34.3 Å². The summed E-state index contributed by atoms with van der Waals surface area (Å²) in [5.74, 6) is -0.0872. The fraction of sp³-hybridized carbons (Fsp3) is 0.375. The van der Waals surface area contributed by atoms with E-state index in [0.717, 1.165) is 37.8 Å². The van der Waals surface area contributed by atoms with Crippen LogP contribution in [0.15, 0.2) is 40.8 Å². The fourth-order valence-electron chi connectivity index (χ4n) is 3.64. The van der Waals surface area contributed by atoms with E-state index in [1.165, 1.54) is 6.07 Å². The number of hydrogen-bond donors (Lipinski definition) is 2. The van der Waals surface area contributed by atoms with Crippen molar-refractivity contribution in [1.29, 1.82) is 0 Å². The lowest BCUT2D eigenvalue weighted by molar-refractivity contribution is 0.304. The van der Waals surface area contributed by atoms with E-state index in [0.29, 0.717) is 5.69 Å². The number of aromatic nitrogens is 3. The van der Waals surface area contributed by atoms with E-state index >= 15 is 0 Å². The van der Waals surface area contributed by atoms with E-state index in [2.05, 4.69) is 20.2 Å². The zero-order valence-corrected chi connectivity index (χ0v) is 13.6. The number of anilines is 1. The first-order chi connectivity index (χ1) is 12.1. The molecule has 1 spiro atoms. The summed E-state index contributed by atoms with van der Waals surface area (Å²) in [6, 6.07) is 4.76. The predicted octanol–water partition coefficient (Wildman–Crippen LogP) is 1.52. The molecule has 25 heavy (non-hydrogen) atoms. The van der Waals surface area contributed by atoms with Crippen molar-refractivity contribution in [3.8, 4) is 5.69 Å². The number of guanidine groups is 2. The maximum atomic E-state index is 14.7. The first-order valence-electron chi connectivity index (χ1n) is 8.23. The molecule has 2 heterocycles. The Morgan fingerprint density at radius 1 is 1.04 bits per heavy atom. The predicted molar refractivity (Wildman–Crippen MR) is 92.9 cm³/mol. The molecule has 1 aliphatic carbocycles. The highest BCUT2D eigenvalue weighted by Gasteiger charge is 2.43. The highest BCUT2D eigenvalue weighted by atomic mass is 19.1. The smallest absolute Gasteiger partial charge is 0.220 e. The molecule has 1 aromatic heterocycles. The van der Waals surface area contributed by atoms with Gasteiger partial charge < -0.3 is 11.5 Å². The van der Waals surface area contributed by atoms with Gasteiger partial charge in [0.05, 0.1) is 11.4 Å². The minimum atomic E-state index is -0.680. The Balaban J connectivity index is 1.84. The van der Waals surface area contributed by atoms with Crippen LogP contribution in [0, 0.1) is 5.82 Å². The standard InChI is InChI=1S/C16H19FN8/c17-12-5-4-11(24-9-20-21-10-24)8-13(12)25-15(19)22-14(18)23-16(25)6-2-1-3-7-16/h4-5,8-10H,1-3,6-7H2,(H4,18,19,22,23).